The average Bonchev–Trinajstić information content (AvgIpc) is 2.24. The molecule has 0 saturated carbocycles. The fourth-order valence-corrected chi connectivity index (χ4v) is 1.26. The highest BCUT2D eigenvalue weighted by molar-refractivity contribution is 5.39. The first-order valence-electron chi connectivity index (χ1n) is 4.92. The summed E-state index contributed by atoms with van der Waals surface area (Å²) in [7, 11) is 0. The number of nitrogens with one attached hydrogen (secondary N) is 1. The molecular weight excluding hydrogens is 243 g/mol. The van der Waals surface area contributed by atoms with Crippen LogP contribution < -0.4 is 5.32 Å². The third-order valence-electron chi connectivity index (χ3n) is 2.16. The number of aromatic nitrogens is 1. The standard InChI is InChI=1S/C10H11F5N2/c1-2-7(10(13,14)15)17-8-5-6(9(11)12)3-4-16-8/h3-5,7,9H,2H2,1H3,(H,16,17)/t7-/m0/s1. The van der Waals surface area contributed by atoms with E-state index in [-0.39, 0.29) is 17.8 Å². The van der Waals surface area contributed by atoms with Gasteiger partial charge < -0.3 is 5.32 Å². The Morgan fingerprint density at radius 2 is 2.00 bits per heavy atom. The van der Waals surface area contributed by atoms with E-state index in [1.54, 1.807) is 0 Å². The highest BCUT2D eigenvalue weighted by Crippen LogP contribution is 2.26. The zero-order valence-electron chi connectivity index (χ0n) is 8.93. The fourth-order valence-electron chi connectivity index (χ4n) is 1.26. The van der Waals surface area contributed by atoms with Gasteiger partial charge in [0.1, 0.15) is 11.9 Å². The van der Waals surface area contributed by atoms with Crippen molar-refractivity contribution in [3.05, 3.63) is 23.9 Å². The van der Waals surface area contributed by atoms with Gasteiger partial charge in [-0.1, -0.05) is 6.92 Å². The first kappa shape index (κ1) is 13.7. The summed E-state index contributed by atoms with van der Waals surface area (Å²) in [5.41, 5.74) is -0.362. The highest BCUT2D eigenvalue weighted by atomic mass is 19.4. The molecule has 0 aliphatic carbocycles. The van der Waals surface area contributed by atoms with Crippen molar-refractivity contribution in [1.82, 2.24) is 4.98 Å². The number of halogens is 5. The van der Waals surface area contributed by atoms with E-state index in [4.69, 9.17) is 0 Å². The van der Waals surface area contributed by atoms with Crippen molar-refractivity contribution in [1.29, 1.82) is 0 Å². The van der Waals surface area contributed by atoms with E-state index in [1.165, 1.54) is 6.92 Å². The summed E-state index contributed by atoms with van der Waals surface area (Å²) in [5.74, 6) is -0.202. The lowest BCUT2D eigenvalue weighted by molar-refractivity contribution is -0.142. The van der Waals surface area contributed by atoms with Crippen molar-refractivity contribution in [3.8, 4) is 0 Å². The number of rotatable bonds is 4. The van der Waals surface area contributed by atoms with Gasteiger partial charge in [-0.15, -0.1) is 0 Å². The van der Waals surface area contributed by atoms with Gasteiger partial charge in [-0.3, -0.25) is 0 Å². The number of alkyl halides is 5. The Bertz CT molecular complexity index is 364. The molecule has 1 aromatic rings. The van der Waals surface area contributed by atoms with Crippen molar-refractivity contribution in [3.63, 3.8) is 0 Å². The first-order valence-corrected chi connectivity index (χ1v) is 4.92. The summed E-state index contributed by atoms with van der Waals surface area (Å²) < 4.78 is 61.9. The lowest BCUT2D eigenvalue weighted by Gasteiger charge is -2.20. The Labute approximate surface area is 94.9 Å². The molecule has 0 aromatic carbocycles. The van der Waals surface area contributed by atoms with Crippen LogP contribution in [0.25, 0.3) is 0 Å². The molecule has 0 saturated heterocycles. The molecule has 2 nitrogen and oxygen atoms in total. The van der Waals surface area contributed by atoms with E-state index in [2.05, 4.69) is 10.3 Å². The van der Waals surface area contributed by atoms with Crippen LogP contribution in [0.5, 0.6) is 0 Å². The summed E-state index contributed by atoms with van der Waals surface area (Å²) in [6.07, 6.45) is -6.32. The highest BCUT2D eigenvalue weighted by Gasteiger charge is 2.38. The van der Waals surface area contributed by atoms with Gasteiger partial charge in [-0.25, -0.2) is 13.8 Å². The van der Waals surface area contributed by atoms with Gasteiger partial charge in [-0.05, 0) is 18.6 Å². The van der Waals surface area contributed by atoms with Crippen LogP contribution in [0, 0.1) is 0 Å². The largest absolute Gasteiger partial charge is 0.408 e. The number of pyridine rings is 1. The maximum absolute atomic E-state index is 12.4. The lowest BCUT2D eigenvalue weighted by Crippen LogP contribution is -2.35. The van der Waals surface area contributed by atoms with E-state index >= 15 is 0 Å². The molecule has 0 fully saturated rings. The zero-order valence-corrected chi connectivity index (χ0v) is 8.93. The van der Waals surface area contributed by atoms with Crippen molar-refractivity contribution >= 4 is 5.82 Å². The van der Waals surface area contributed by atoms with Crippen molar-refractivity contribution in [2.24, 2.45) is 0 Å². The Hall–Kier alpha value is -1.40. The molecule has 0 spiro atoms. The maximum atomic E-state index is 12.4. The molecule has 0 unspecified atom stereocenters. The number of hydrogen-bond acceptors (Lipinski definition) is 2. The maximum Gasteiger partial charge on any atom is 0.408 e. The lowest BCUT2D eigenvalue weighted by atomic mass is 10.2. The fraction of sp³-hybridized carbons (Fsp3) is 0.500. The molecular formula is C10H11F5N2. The van der Waals surface area contributed by atoms with Gasteiger partial charge >= 0.3 is 6.18 Å². The van der Waals surface area contributed by atoms with E-state index in [1.807, 2.05) is 0 Å². The molecule has 1 aromatic heterocycles. The molecule has 1 heterocycles. The average molecular weight is 254 g/mol. The normalized spacial score (nSPS) is 13.8. The van der Waals surface area contributed by atoms with E-state index in [0.29, 0.717) is 0 Å². The minimum atomic E-state index is -4.43. The van der Waals surface area contributed by atoms with E-state index < -0.39 is 18.6 Å². The van der Waals surface area contributed by atoms with Crippen LogP contribution in [0.4, 0.5) is 27.8 Å². The minimum Gasteiger partial charge on any atom is -0.359 e. The number of hydrogen-bond donors (Lipinski definition) is 1. The quantitative estimate of drug-likeness (QED) is 0.827. The van der Waals surface area contributed by atoms with Gasteiger partial charge in [0.15, 0.2) is 0 Å². The summed E-state index contributed by atoms with van der Waals surface area (Å²) in [6, 6.07) is 0.187. The van der Waals surface area contributed by atoms with E-state index in [9.17, 15) is 22.0 Å². The minimum absolute atomic E-state index is 0.202. The predicted octanol–water partition coefficient (Wildman–Crippen LogP) is 3.77. The molecule has 17 heavy (non-hydrogen) atoms. The molecule has 1 N–H and O–H groups in total. The zero-order chi connectivity index (χ0) is 13.1. The van der Waals surface area contributed by atoms with Crippen LogP contribution in [-0.4, -0.2) is 17.2 Å². The molecule has 0 bridgehead atoms. The van der Waals surface area contributed by atoms with Gasteiger partial charge in [-0.2, -0.15) is 13.2 Å². The number of nitrogens with zero attached hydrogens (tertiary/aromatic N) is 1. The van der Waals surface area contributed by atoms with Crippen LogP contribution >= 0.6 is 0 Å². The third kappa shape index (κ3) is 3.83. The summed E-state index contributed by atoms with van der Waals surface area (Å²) in [5, 5.41) is 2.09. The second kappa shape index (κ2) is 5.29. The Morgan fingerprint density at radius 3 is 2.47 bits per heavy atom. The van der Waals surface area contributed by atoms with Gasteiger partial charge in [0, 0.05) is 11.8 Å². The van der Waals surface area contributed by atoms with Crippen molar-refractivity contribution < 1.29 is 22.0 Å². The molecule has 1 atom stereocenters. The monoisotopic (exact) mass is 254 g/mol. The molecule has 0 aliphatic rings. The topological polar surface area (TPSA) is 24.9 Å². The second-order valence-electron chi connectivity index (χ2n) is 3.42. The Morgan fingerprint density at radius 1 is 1.35 bits per heavy atom. The summed E-state index contributed by atoms with van der Waals surface area (Å²) in [6.45, 7) is 1.35. The van der Waals surface area contributed by atoms with Crippen LogP contribution in [0.2, 0.25) is 0 Å². The van der Waals surface area contributed by atoms with Gasteiger partial charge in [0.05, 0.1) is 0 Å². The molecule has 96 valence electrons. The van der Waals surface area contributed by atoms with Crippen LogP contribution in [0.1, 0.15) is 25.3 Å². The SMILES string of the molecule is CC[C@H](Nc1cc(C(F)F)ccn1)C(F)(F)F. The molecule has 0 aliphatic heterocycles. The van der Waals surface area contributed by atoms with Crippen molar-refractivity contribution in [2.75, 3.05) is 5.32 Å². The smallest absolute Gasteiger partial charge is 0.359 e. The molecule has 0 amide bonds. The summed E-state index contributed by atoms with van der Waals surface area (Å²) in [4.78, 5) is 3.58. The molecule has 0 radical (unpaired) electrons. The predicted molar refractivity (Wildman–Crippen MR) is 53.0 cm³/mol. The Balaban J connectivity index is 2.83. The van der Waals surface area contributed by atoms with E-state index in [0.717, 1.165) is 18.3 Å². The summed E-state index contributed by atoms with van der Waals surface area (Å²) >= 11 is 0. The van der Waals surface area contributed by atoms with Gasteiger partial charge in [0.25, 0.3) is 6.43 Å². The number of anilines is 1. The van der Waals surface area contributed by atoms with Crippen LogP contribution in [0.15, 0.2) is 18.3 Å². The first-order chi connectivity index (χ1) is 7.84. The second-order valence-corrected chi connectivity index (χ2v) is 3.42. The Kier molecular flexibility index (Phi) is 4.25. The molecule has 7 heteroatoms. The van der Waals surface area contributed by atoms with Gasteiger partial charge in [0.2, 0.25) is 0 Å². The van der Waals surface area contributed by atoms with Crippen molar-refractivity contribution in [2.45, 2.75) is 32.0 Å². The molecule has 1 rings (SSSR count). The third-order valence-corrected chi connectivity index (χ3v) is 2.16. The van der Waals surface area contributed by atoms with Crippen LogP contribution in [-0.2, 0) is 0 Å². The van der Waals surface area contributed by atoms with Crippen LogP contribution in [0.3, 0.4) is 0 Å².